The largest absolute Gasteiger partial charge is 0.478 e. The molecule has 0 saturated carbocycles. The van der Waals surface area contributed by atoms with Gasteiger partial charge in [0.15, 0.2) is 0 Å². The summed E-state index contributed by atoms with van der Waals surface area (Å²) in [5.74, 6) is -0.464. The van der Waals surface area contributed by atoms with Crippen molar-refractivity contribution in [2.45, 2.75) is 13.8 Å². The fourth-order valence-electron chi connectivity index (χ4n) is 1.51. The second-order valence-electron chi connectivity index (χ2n) is 3.86. The van der Waals surface area contributed by atoms with Crippen LogP contribution in [0, 0.1) is 13.8 Å². The summed E-state index contributed by atoms with van der Waals surface area (Å²) in [7, 11) is 0. The molecule has 5 heteroatoms. The number of aromatic nitrogens is 2. The van der Waals surface area contributed by atoms with Crippen LogP contribution < -0.4 is 4.74 Å². The number of nitrogens with zero attached hydrogens (tertiary/aromatic N) is 2. The molecule has 0 aliphatic carbocycles. The van der Waals surface area contributed by atoms with Crippen molar-refractivity contribution in [3.8, 4) is 11.8 Å². The highest BCUT2D eigenvalue weighted by Crippen LogP contribution is 2.18. The van der Waals surface area contributed by atoms with E-state index in [1.54, 1.807) is 12.1 Å². The average molecular weight is 244 g/mol. The molecule has 18 heavy (non-hydrogen) atoms. The van der Waals surface area contributed by atoms with Gasteiger partial charge in [-0.05, 0) is 44.2 Å². The van der Waals surface area contributed by atoms with Crippen LogP contribution in [0.2, 0.25) is 0 Å². The van der Waals surface area contributed by atoms with Gasteiger partial charge in [0.1, 0.15) is 5.75 Å². The molecule has 0 spiro atoms. The van der Waals surface area contributed by atoms with Gasteiger partial charge in [0, 0.05) is 11.4 Å². The monoisotopic (exact) mass is 244 g/mol. The van der Waals surface area contributed by atoms with Crippen LogP contribution in [0.1, 0.15) is 21.7 Å². The highest BCUT2D eigenvalue weighted by atomic mass is 16.5. The van der Waals surface area contributed by atoms with Crippen molar-refractivity contribution in [3.63, 3.8) is 0 Å². The lowest BCUT2D eigenvalue weighted by Gasteiger charge is -2.05. The molecular formula is C13H12N2O3. The molecule has 0 saturated heterocycles. The van der Waals surface area contributed by atoms with Gasteiger partial charge in [-0.3, -0.25) is 0 Å². The minimum absolute atomic E-state index is 0.212. The Morgan fingerprint density at radius 1 is 1.11 bits per heavy atom. The number of aromatic carboxylic acids is 1. The van der Waals surface area contributed by atoms with Crippen LogP contribution in [-0.2, 0) is 0 Å². The van der Waals surface area contributed by atoms with Crippen LogP contribution in [-0.4, -0.2) is 21.0 Å². The number of rotatable bonds is 3. The van der Waals surface area contributed by atoms with E-state index in [-0.39, 0.29) is 11.6 Å². The smallest absolute Gasteiger partial charge is 0.335 e. The molecule has 0 unspecified atom stereocenters. The number of benzene rings is 1. The predicted octanol–water partition coefficient (Wildman–Crippen LogP) is 2.58. The molecule has 0 amide bonds. The molecule has 92 valence electrons. The molecule has 1 aromatic heterocycles. The summed E-state index contributed by atoms with van der Waals surface area (Å²) in [6.45, 7) is 3.71. The second-order valence-corrected chi connectivity index (χ2v) is 3.86. The fraction of sp³-hybridized carbons (Fsp3) is 0.154. The van der Waals surface area contributed by atoms with Gasteiger partial charge in [-0.25, -0.2) is 14.8 Å². The number of carboxylic acids is 1. The lowest BCUT2D eigenvalue weighted by molar-refractivity contribution is 0.0697. The van der Waals surface area contributed by atoms with Crippen molar-refractivity contribution in [1.29, 1.82) is 0 Å². The minimum atomic E-state index is -0.968. The molecule has 1 N–H and O–H groups in total. The van der Waals surface area contributed by atoms with E-state index in [4.69, 9.17) is 9.84 Å². The normalized spacial score (nSPS) is 10.1. The SMILES string of the molecule is Cc1cc(C)nc(Oc2ccc(C(=O)O)cc2)n1. The van der Waals surface area contributed by atoms with Crippen molar-refractivity contribution < 1.29 is 14.6 Å². The zero-order chi connectivity index (χ0) is 13.1. The number of aryl methyl sites for hydroxylation is 2. The Bertz CT molecular complexity index is 559. The molecule has 2 rings (SSSR count). The Labute approximate surface area is 104 Å². The summed E-state index contributed by atoms with van der Waals surface area (Å²) in [4.78, 5) is 19.0. The van der Waals surface area contributed by atoms with Crippen molar-refractivity contribution in [2.24, 2.45) is 0 Å². The summed E-state index contributed by atoms with van der Waals surface area (Å²) in [6.07, 6.45) is 0. The van der Waals surface area contributed by atoms with Gasteiger partial charge in [-0.1, -0.05) is 0 Å². The molecule has 0 bridgehead atoms. The third-order valence-electron chi connectivity index (χ3n) is 2.27. The Hall–Kier alpha value is -2.43. The molecule has 5 nitrogen and oxygen atoms in total. The maximum absolute atomic E-state index is 10.7. The van der Waals surface area contributed by atoms with Crippen molar-refractivity contribution in [2.75, 3.05) is 0 Å². The standard InChI is InChI=1S/C13H12N2O3/c1-8-7-9(2)15-13(14-8)18-11-5-3-10(4-6-11)12(16)17/h3-7H,1-2H3,(H,16,17). The quantitative estimate of drug-likeness (QED) is 0.898. The Balaban J connectivity index is 2.20. The average Bonchev–Trinajstić information content (AvgIpc) is 2.28. The van der Waals surface area contributed by atoms with E-state index < -0.39 is 5.97 Å². The molecule has 0 atom stereocenters. The highest BCUT2D eigenvalue weighted by Gasteiger charge is 2.05. The van der Waals surface area contributed by atoms with Crippen LogP contribution in [0.5, 0.6) is 11.8 Å². The molecule has 0 aliphatic heterocycles. The zero-order valence-electron chi connectivity index (χ0n) is 10.0. The summed E-state index contributed by atoms with van der Waals surface area (Å²) in [6, 6.07) is 8.20. The van der Waals surface area contributed by atoms with Crippen LogP contribution in [0.3, 0.4) is 0 Å². The summed E-state index contributed by atoms with van der Waals surface area (Å²) in [5, 5.41) is 8.77. The second kappa shape index (κ2) is 4.83. The van der Waals surface area contributed by atoms with Crippen LogP contribution in [0.25, 0.3) is 0 Å². The van der Waals surface area contributed by atoms with Crippen molar-refractivity contribution in [3.05, 3.63) is 47.3 Å². The van der Waals surface area contributed by atoms with Gasteiger partial charge in [0.05, 0.1) is 5.56 Å². The molecule has 1 aromatic carbocycles. The third-order valence-corrected chi connectivity index (χ3v) is 2.27. The molecule has 0 fully saturated rings. The first-order valence-electron chi connectivity index (χ1n) is 5.38. The van der Waals surface area contributed by atoms with Crippen LogP contribution in [0.4, 0.5) is 0 Å². The first-order valence-corrected chi connectivity index (χ1v) is 5.38. The summed E-state index contributed by atoms with van der Waals surface area (Å²) >= 11 is 0. The summed E-state index contributed by atoms with van der Waals surface area (Å²) < 4.78 is 5.46. The van der Waals surface area contributed by atoms with E-state index >= 15 is 0 Å². The van der Waals surface area contributed by atoms with E-state index in [9.17, 15) is 4.79 Å². The van der Waals surface area contributed by atoms with Crippen LogP contribution in [0.15, 0.2) is 30.3 Å². The maximum Gasteiger partial charge on any atom is 0.335 e. The molecule has 0 radical (unpaired) electrons. The zero-order valence-corrected chi connectivity index (χ0v) is 10.0. The van der Waals surface area contributed by atoms with Crippen molar-refractivity contribution >= 4 is 5.97 Å². The van der Waals surface area contributed by atoms with E-state index in [2.05, 4.69) is 9.97 Å². The number of carboxylic acid groups (broad SMARTS) is 1. The Kier molecular flexibility index (Phi) is 3.23. The van der Waals surface area contributed by atoms with Crippen LogP contribution >= 0.6 is 0 Å². The molecule has 1 heterocycles. The number of hydrogen-bond donors (Lipinski definition) is 1. The van der Waals surface area contributed by atoms with Gasteiger partial charge in [-0.2, -0.15) is 0 Å². The maximum atomic E-state index is 10.7. The number of carbonyl (C=O) groups is 1. The van der Waals surface area contributed by atoms with E-state index in [1.165, 1.54) is 12.1 Å². The van der Waals surface area contributed by atoms with E-state index in [1.807, 2.05) is 19.9 Å². The van der Waals surface area contributed by atoms with E-state index in [0.29, 0.717) is 5.75 Å². The lowest BCUT2D eigenvalue weighted by Crippen LogP contribution is -1.97. The minimum Gasteiger partial charge on any atom is -0.478 e. The third kappa shape index (κ3) is 2.82. The number of hydrogen-bond acceptors (Lipinski definition) is 4. The Morgan fingerprint density at radius 2 is 1.67 bits per heavy atom. The van der Waals surface area contributed by atoms with E-state index in [0.717, 1.165) is 11.4 Å². The molecule has 0 aliphatic rings. The molecular weight excluding hydrogens is 232 g/mol. The summed E-state index contributed by atoms with van der Waals surface area (Å²) in [5.41, 5.74) is 1.85. The fourth-order valence-corrected chi connectivity index (χ4v) is 1.51. The lowest BCUT2D eigenvalue weighted by atomic mass is 10.2. The van der Waals surface area contributed by atoms with Gasteiger partial charge in [0.2, 0.25) is 0 Å². The van der Waals surface area contributed by atoms with Crippen molar-refractivity contribution in [1.82, 2.24) is 9.97 Å². The number of ether oxygens (including phenoxy) is 1. The van der Waals surface area contributed by atoms with Gasteiger partial charge < -0.3 is 9.84 Å². The first-order chi connectivity index (χ1) is 8.54. The van der Waals surface area contributed by atoms with Gasteiger partial charge in [0.25, 0.3) is 0 Å². The Morgan fingerprint density at radius 3 is 2.17 bits per heavy atom. The predicted molar refractivity (Wildman–Crippen MR) is 65.0 cm³/mol. The van der Waals surface area contributed by atoms with Gasteiger partial charge >= 0.3 is 12.0 Å². The molecule has 2 aromatic rings. The highest BCUT2D eigenvalue weighted by molar-refractivity contribution is 5.87. The first kappa shape index (κ1) is 12.0. The van der Waals surface area contributed by atoms with Gasteiger partial charge in [-0.15, -0.1) is 0 Å². The topological polar surface area (TPSA) is 72.3 Å².